The SMILES string of the molecule is CC1CCC(c2nnc(-c3ccccc3C(=O)O)o2)O1. The number of hydrogen-bond donors (Lipinski definition) is 1. The summed E-state index contributed by atoms with van der Waals surface area (Å²) in [4.78, 5) is 11.2. The van der Waals surface area contributed by atoms with Gasteiger partial charge in [0, 0.05) is 0 Å². The molecule has 3 rings (SSSR count). The molecule has 1 aliphatic heterocycles. The van der Waals surface area contributed by atoms with E-state index >= 15 is 0 Å². The largest absolute Gasteiger partial charge is 0.478 e. The number of ether oxygens (including phenoxy) is 1. The van der Waals surface area contributed by atoms with Gasteiger partial charge in [0.2, 0.25) is 11.8 Å². The normalized spacial score (nSPS) is 22.1. The lowest BCUT2D eigenvalue weighted by Gasteiger charge is -2.05. The van der Waals surface area contributed by atoms with Gasteiger partial charge >= 0.3 is 5.97 Å². The van der Waals surface area contributed by atoms with Gasteiger partial charge in [0.1, 0.15) is 6.10 Å². The van der Waals surface area contributed by atoms with Crippen LogP contribution >= 0.6 is 0 Å². The molecule has 1 aliphatic rings. The maximum atomic E-state index is 11.2. The highest BCUT2D eigenvalue weighted by molar-refractivity contribution is 5.94. The molecule has 6 nitrogen and oxygen atoms in total. The molecule has 1 aromatic heterocycles. The van der Waals surface area contributed by atoms with Crippen molar-refractivity contribution in [3.63, 3.8) is 0 Å². The minimum atomic E-state index is -1.02. The third-order valence-electron chi connectivity index (χ3n) is 3.34. The van der Waals surface area contributed by atoms with E-state index in [4.69, 9.17) is 14.3 Å². The van der Waals surface area contributed by atoms with E-state index in [0.717, 1.165) is 12.8 Å². The highest BCUT2D eigenvalue weighted by atomic mass is 16.5. The first-order chi connectivity index (χ1) is 9.65. The molecule has 0 radical (unpaired) electrons. The molecule has 2 atom stereocenters. The number of benzene rings is 1. The summed E-state index contributed by atoms with van der Waals surface area (Å²) < 4.78 is 11.2. The standard InChI is InChI=1S/C14H14N2O4/c1-8-6-7-11(19-8)13-16-15-12(20-13)9-4-2-3-5-10(9)14(17)18/h2-5,8,11H,6-7H2,1H3,(H,17,18). The molecule has 0 bridgehead atoms. The van der Waals surface area contributed by atoms with Gasteiger partial charge in [0.25, 0.3) is 0 Å². The maximum absolute atomic E-state index is 11.2. The third-order valence-corrected chi connectivity index (χ3v) is 3.34. The molecule has 1 aromatic carbocycles. The Morgan fingerprint density at radius 1 is 1.30 bits per heavy atom. The topological polar surface area (TPSA) is 85.5 Å². The van der Waals surface area contributed by atoms with Gasteiger partial charge in [-0.2, -0.15) is 0 Å². The van der Waals surface area contributed by atoms with Crippen LogP contribution in [0.3, 0.4) is 0 Å². The van der Waals surface area contributed by atoms with Crippen LogP contribution in [0.4, 0.5) is 0 Å². The molecule has 1 N–H and O–H groups in total. The van der Waals surface area contributed by atoms with E-state index in [1.165, 1.54) is 6.07 Å². The van der Waals surface area contributed by atoms with Crippen molar-refractivity contribution in [2.24, 2.45) is 0 Å². The van der Waals surface area contributed by atoms with Crippen LogP contribution in [0.5, 0.6) is 0 Å². The Labute approximate surface area is 115 Å². The molecule has 2 heterocycles. The Kier molecular flexibility index (Phi) is 3.23. The summed E-state index contributed by atoms with van der Waals surface area (Å²) in [6.07, 6.45) is 1.78. The number of carboxylic acid groups (broad SMARTS) is 1. The average Bonchev–Trinajstić information content (AvgIpc) is 3.07. The first kappa shape index (κ1) is 12.8. The highest BCUT2D eigenvalue weighted by Gasteiger charge is 2.28. The van der Waals surface area contributed by atoms with E-state index in [1.807, 2.05) is 6.92 Å². The van der Waals surface area contributed by atoms with Crippen molar-refractivity contribution in [1.82, 2.24) is 10.2 Å². The van der Waals surface area contributed by atoms with E-state index in [-0.39, 0.29) is 23.7 Å². The second-order valence-electron chi connectivity index (χ2n) is 4.81. The molecular formula is C14H14N2O4. The molecular weight excluding hydrogens is 260 g/mol. The molecule has 2 aromatic rings. The van der Waals surface area contributed by atoms with E-state index in [1.54, 1.807) is 18.2 Å². The molecule has 0 amide bonds. The van der Waals surface area contributed by atoms with Crippen molar-refractivity contribution in [3.05, 3.63) is 35.7 Å². The van der Waals surface area contributed by atoms with Crippen LogP contribution < -0.4 is 0 Å². The molecule has 0 saturated carbocycles. The number of carboxylic acids is 1. The van der Waals surface area contributed by atoms with Gasteiger partial charge in [-0.25, -0.2) is 4.79 Å². The number of aromatic carboxylic acids is 1. The first-order valence-corrected chi connectivity index (χ1v) is 6.46. The predicted molar refractivity (Wildman–Crippen MR) is 69.2 cm³/mol. The summed E-state index contributed by atoms with van der Waals surface area (Å²) in [6.45, 7) is 2.00. The molecule has 6 heteroatoms. The van der Waals surface area contributed by atoms with Crippen LogP contribution in [0.1, 0.15) is 42.1 Å². The lowest BCUT2D eigenvalue weighted by Crippen LogP contribution is -2.01. The molecule has 2 unspecified atom stereocenters. The zero-order valence-electron chi connectivity index (χ0n) is 10.9. The van der Waals surface area contributed by atoms with E-state index in [2.05, 4.69) is 10.2 Å². The lowest BCUT2D eigenvalue weighted by molar-refractivity contribution is 0.0393. The summed E-state index contributed by atoms with van der Waals surface area (Å²) in [5.74, 6) is -0.406. The highest BCUT2D eigenvalue weighted by Crippen LogP contribution is 2.33. The molecule has 1 saturated heterocycles. The summed E-state index contributed by atoms with van der Waals surface area (Å²) in [5, 5.41) is 17.1. The number of rotatable bonds is 3. The van der Waals surface area contributed by atoms with Gasteiger partial charge < -0.3 is 14.3 Å². The predicted octanol–water partition coefficient (Wildman–Crippen LogP) is 2.67. The summed E-state index contributed by atoms with van der Waals surface area (Å²) in [6, 6.07) is 6.56. The first-order valence-electron chi connectivity index (χ1n) is 6.46. The number of nitrogens with zero attached hydrogens (tertiary/aromatic N) is 2. The summed E-state index contributed by atoms with van der Waals surface area (Å²) in [7, 11) is 0. The van der Waals surface area contributed by atoms with Crippen molar-refractivity contribution in [1.29, 1.82) is 0 Å². The molecule has 0 spiro atoms. The maximum Gasteiger partial charge on any atom is 0.336 e. The van der Waals surface area contributed by atoms with Crippen molar-refractivity contribution in [2.45, 2.75) is 32.0 Å². The smallest absolute Gasteiger partial charge is 0.336 e. The molecule has 0 aliphatic carbocycles. The van der Waals surface area contributed by atoms with Gasteiger partial charge in [0.15, 0.2) is 0 Å². The fraction of sp³-hybridized carbons (Fsp3) is 0.357. The van der Waals surface area contributed by atoms with Gasteiger partial charge in [-0.05, 0) is 31.9 Å². The van der Waals surface area contributed by atoms with Crippen molar-refractivity contribution in [2.75, 3.05) is 0 Å². The van der Waals surface area contributed by atoms with Gasteiger partial charge in [-0.3, -0.25) is 0 Å². The minimum Gasteiger partial charge on any atom is -0.478 e. The second-order valence-corrected chi connectivity index (χ2v) is 4.81. The second kappa shape index (κ2) is 5.05. The Balaban J connectivity index is 1.92. The van der Waals surface area contributed by atoms with Crippen LogP contribution in [0.15, 0.2) is 28.7 Å². The lowest BCUT2D eigenvalue weighted by atomic mass is 10.1. The fourth-order valence-electron chi connectivity index (χ4n) is 2.31. The van der Waals surface area contributed by atoms with Gasteiger partial charge in [0.05, 0.1) is 17.2 Å². The Morgan fingerprint density at radius 2 is 2.10 bits per heavy atom. The van der Waals surface area contributed by atoms with Crippen molar-refractivity contribution in [3.8, 4) is 11.5 Å². The number of aromatic nitrogens is 2. The van der Waals surface area contributed by atoms with Crippen LogP contribution in [0.25, 0.3) is 11.5 Å². The van der Waals surface area contributed by atoms with Crippen LogP contribution in [0.2, 0.25) is 0 Å². The Bertz CT molecular complexity index is 638. The Hall–Kier alpha value is -2.21. The van der Waals surface area contributed by atoms with E-state index in [0.29, 0.717) is 11.5 Å². The minimum absolute atomic E-state index is 0.142. The van der Waals surface area contributed by atoms with Crippen LogP contribution in [0, 0.1) is 0 Å². The monoisotopic (exact) mass is 274 g/mol. The zero-order chi connectivity index (χ0) is 14.1. The van der Waals surface area contributed by atoms with Crippen molar-refractivity contribution >= 4 is 5.97 Å². The third kappa shape index (κ3) is 2.30. The molecule has 1 fully saturated rings. The van der Waals surface area contributed by atoms with Gasteiger partial charge in [-0.1, -0.05) is 12.1 Å². The fourth-order valence-corrected chi connectivity index (χ4v) is 2.31. The molecule has 104 valence electrons. The van der Waals surface area contributed by atoms with Crippen LogP contribution in [-0.4, -0.2) is 27.4 Å². The average molecular weight is 274 g/mol. The van der Waals surface area contributed by atoms with E-state index in [9.17, 15) is 4.79 Å². The van der Waals surface area contributed by atoms with Crippen LogP contribution in [-0.2, 0) is 4.74 Å². The summed E-state index contributed by atoms with van der Waals surface area (Å²) in [5.41, 5.74) is 0.563. The molecule has 20 heavy (non-hydrogen) atoms. The van der Waals surface area contributed by atoms with Gasteiger partial charge in [-0.15, -0.1) is 10.2 Å². The Morgan fingerprint density at radius 3 is 2.80 bits per heavy atom. The number of hydrogen-bond acceptors (Lipinski definition) is 5. The summed E-state index contributed by atoms with van der Waals surface area (Å²) >= 11 is 0. The zero-order valence-corrected chi connectivity index (χ0v) is 10.9. The quantitative estimate of drug-likeness (QED) is 0.926. The number of carbonyl (C=O) groups is 1. The van der Waals surface area contributed by atoms with Crippen molar-refractivity contribution < 1.29 is 19.1 Å². The van der Waals surface area contributed by atoms with E-state index < -0.39 is 5.97 Å².